The van der Waals surface area contributed by atoms with Crippen molar-refractivity contribution >= 4 is 71.0 Å². The SMILES string of the molecule is CC(C#N)(CCC(=O)NNC(=O)CCCCCNC(=O)CCCC[C@@H]1SC[C@@H]2NC(=O)N[C@@H]21)N=NC(C)(C#N)CCC(=O)NNC(=O)CCCCCNC(=O)CCCC[C@@H]1SC[C@@H]2NC(=O)N[C@@H]21. The summed E-state index contributed by atoms with van der Waals surface area (Å²) in [5, 5.41) is 46.1. The van der Waals surface area contributed by atoms with Gasteiger partial charge in [0.25, 0.3) is 0 Å². The number of hydrogen-bond acceptors (Lipinski definition) is 14. The molecule has 4 saturated heterocycles. The molecular weight excluding hydrogens is 917 g/mol. The number of urea groups is 2. The molecule has 4 heterocycles. The first kappa shape index (κ1) is 55.2. The van der Waals surface area contributed by atoms with Crippen molar-refractivity contribution in [2.24, 2.45) is 10.2 Å². The van der Waals surface area contributed by atoms with Gasteiger partial charge in [0, 0.05) is 73.6 Å². The lowest BCUT2D eigenvalue weighted by Gasteiger charge is -2.19. The number of fused-ring (bicyclic) bond motifs is 2. The molecule has 0 aromatic carbocycles. The summed E-state index contributed by atoms with van der Waals surface area (Å²) >= 11 is 3.72. The third kappa shape index (κ3) is 20.1. The molecule has 0 aliphatic carbocycles. The van der Waals surface area contributed by atoms with Gasteiger partial charge in [-0.25, -0.2) is 9.59 Å². The molecule has 0 aromatic heterocycles. The first-order chi connectivity index (χ1) is 32.6. The number of carbonyl (C=O) groups excluding carboxylic acids is 8. The number of nitrogens with one attached hydrogen (secondary N) is 10. The molecule has 0 aromatic rings. The van der Waals surface area contributed by atoms with Crippen molar-refractivity contribution in [2.75, 3.05) is 24.6 Å². The van der Waals surface area contributed by atoms with E-state index in [1.165, 1.54) is 13.8 Å². The second-order valence-corrected chi connectivity index (χ2v) is 20.8. The molecule has 24 heteroatoms. The highest BCUT2D eigenvalue weighted by molar-refractivity contribution is 8.00. The second kappa shape index (κ2) is 28.8. The van der Waals surface area contributed by atoms with E-state index in [2.05, 4.69) is 63.8 Å². The van der Waals surface area contributed by atoms with Crippen LogP contribution in [-0.2, 0) is 28.8 Å². The lowest BCUT2D eigenvalue weighted by atomic mass is 9.97. The van der Waals surface area contributed by atoms with E-state index in [4.69, 9.17) is 0 Å². The van der Waals surface area contributed by atoms with E-state index < -0.39 is 22.9 Å². The summed E-state index contributed by atoms with van der Waals surface area (Å²) < 4.78 is 0. The van der Waals surface area contributed by atoms with Crippen LogP contribution in [0, 0.1) is 22.7 Å². The fourth-order valence-electron chi connectivity index (χ4n) is 8.08. The Kier molecular flexibility index (Phi) is 23.4. The summed E-state index contributed by atoms with van der Waals surface area (Å²) in [6, 6.07) is 4.52. The molecule has 0 bridgehead atoms. The van der Waals surface area contributed by atoms with Gasteiger partial charge in [-0.05, 0) is 78.1 Å². The van der Waals surface area contributed by atoms with Gasteiger partial charge in [-0.3, -0.25) is 50.5 Å². The van der Waals surface area contributed by atoms with Gasteiger partial charge in [-0.1, -0.05) is 25.7 Å². The summed E-state index contributed by atoms with van der Waals surface area (Å²) in [5.41, 5.74) is 6.42. The third-order valence-electron chi connectivity index (χ3n) is 12.3. The third-order valence-corrected chi connectivity index (χ3v) is 15.3. The highest BCUT2D eigenvalue weighted by Crippen LogP contribution is 2.34. The van der Waals surface area contributed by atoms with Crippen LogP contribution in [0.1, 0.15) is 142 Å². The van der Waals surface area contributed by atoms with Crippen LogP contribution in [0.15, 0.2) is 10.2 Å². The largest absolute Gasteiger partial charge is 0.356 e. The Hall–Kier alpha value is -5.36. The van der Waals surface area contributed by atoms with Gasteiger partial charge in [0.05, 0.1) is 36.3 Å². The van der Waals surface area contributed by atoms with Crippen LogP contribution in [0.5, 0.6) is 0 Å². The van der Waals surface area contributed by atoms with Gasteiger partial charge in [0.15, 0.2) is 11.1 Å². The molecule has 10 N–H and O–H groups in total. The van der Waals surface area contributed by atoms with Gasteiger partial charge in [0.1, 0.15) is 0 Å². The summed E-state index contributed by atoms with van der Waals surface area (Å²) in [5.74, 6) is -0.0553. The molecule has 376 valence electrons. The van der Waals surface area contributed by atoms with Crippen LogP contribution in [0.2, 0.25) is 0 Å². The van der Waals surface area contributed by atoms with Crippen molar-refractivity contribution in [1.82, 2.24) is 53.6 Å². The number of rotatable bonds is 30. The van der Waals surface area contributed by atoms with Crippen LogP contribution in [-0.4, -0.2) is 118 Å². The van der Waals surface area contributed by atoms with Crippen molar-refractivity contribution < 1.29 is 38.4 Å². The van der Waals surface area contributed by atoms with Crippen LogP contribution < -0.4 is 53.6 Å². The summed E-state index contributed by atoms with van der Waals surface area (Å²) in [4.78, 5) is 96.9. The highest BCUT2D eigenvalue weighted by atomic mass is 32.2. The fourth-order valence-corrected chi connectivity index (χ4v) is 11.2. The second-order valence-electron chi connectivity index (χ2n) is 18.2. The standard InChI is InChI=1S/C44H70N14O8S2/c1-43(27-45,21-19-37(63)55-53-35(61)17-5-3-11-23-47-33(59)15-9-7-13-31-39-29(25-67-31)49-41(65)51-39)57-58-44(2,28-46)22-20-38(64)56-54-36(62)18-6-4-12-24-48-34(60)16-10-8-14-32-40-30(26-68-32)50-42(66)52-40/h29-32,39-40H,3-26H2,1-2H3,(H,47,59)(H,48,60)(H,53,61)(H,54,62)(H,55,63)(H,56,64)(H2,49,51,65)(H2,50,52,66)/t29-,30-,31-,32-,39-,40-,43?,44?/m0/s1. The van der Waals surface area contributed by atoms with Crippen molar-refractivity contribution in [3.05, 3.63) is 0 Å². The van der Waals surface area contributed by atoms with E-state index in [-0.39, 0.29) is 98.4 Å². The van der Waals surface area contributed by atoms with Crippen LogP contribution >= 0.6 is 23.5 Å². The normalized spacial score (nSPS) is 22.9. The van der Waals surface area contributed by atoms with Crippen molar-refractivity contribution in [2.45, 2.75) is 188 Å². The first-order valence-electron chi connectivity index (χ1n) is 23.9. The number of hydrogen-bond donors (Lipinski definition) is 10. The fraction of sp³-hybridized carbons (Fsp3) is 0.773. The molecule has 4 fully saturated rings. The molecule has 0 spiro atoms. The van der Waals surface area contributed by atoms with Crippen molar-refractivity contribution in [3.8, 4) is 12.1 Å². The van der Waals surface area contributed by atoms with Crippen molar-refractivity contribution in [1.29, 1.82) is 10.5 Å². The number of unbranched alkanes of at least 4 members (excludes halogenated alkanes) is 6. The molecule has 0 radical (unpaired) electrons. The first-order valence-corrected chi connectivity index (χ1v) is 26.0. The Morgan fingerprint density at radius 2 is 0.882 bits per heavy atom. The topological polar surface area (TPSA) is 329 Å². The smallest absolute Gasteiger partial charge is 0.315 e. The van der Waals surface area contributed by atoms with Crippen LogP contribution in [0.4, 0.5) is 9.59 Å². The number of nitrogens with zero attached hydrogens (tertiary/aromatic N) is 4. The molecule has 22 nitrogen and oxygen atoms in total. The maximum absolute atomic E-state index is 12.5. The number of azo groups is 1. The maximum Gasteiger partial charge on any atom is 0.315 e. The molecule has 4 aliphatic heterocycles. The minimum atomic E-state index is -1.47. The Balaban J connectivity index is 0.953. The van der Waals surface area contributed by atoms with E-state index in [1.807, 2.05) is 35.7 Å². The number of hydrazine groups is 2. The van der Waals surface area contributed by atoms with Gasteiger partial charge in [-0.2, -0.15) is 44.3 Å². The molecule has 4 rings (SSSR count). The quantitative estimate of drug-likeness (QED) is 0.0215. The lowest BCUT2D eigenvalue weighted by Crippen LogP contribution is -2.42. The molecule has 2 unspecified atom stereocenters. The predicted molar refractivity (Wildman–Crippen MR) is 255 cm³/mol. The van der Waals surface area contributed by atoms with Gasteiger partial charge >= 0.3 is 12.1 Å². The highest BCUT2D eigenvalue weighted by Gasteiger charge is 2.43. The molecule has 0 saturated carbocycles. The number of amides is 10. The minimum Gasteiger partial charge on any atom is -0.356 e. The van der Waals surface area contributed by atoms with Gasteiger partial charge < -0.3 is 31.9 Å². The van der Waals surface area contributed by atoms with E-state index in [0.29, 0.717) is 75.0 Å². The zero-order valence-corrected chi connectivity index (χ0v) is 40.9. The molecule has 8 atom stereocenters. The van der Waals surface area contributed by atoms with E-state index in [9.17, 15) is 48.9 Å². The average molecular weight is 987 g/mol. The number of thioether (sulfide) groups is 2. The summed E-state index contributed by atoms with van der Waals surface area (Å²) in [6.45, 7) is 3.92. The molecule has 68 heavy (non-hydrogen) atoms. The number of nitriles is 2. The monoisotopic (exact) mass is 986 g/mol. The summed E-state index contributed by atoms with van der Waals surface area (Å²) in [6.07, 6.45) is 9.97. The molecular formula is C44H70N14O8S2. The van der Waals surface area contributed by atoms with Crippen LogP contribution in [0.25, 0.3) is 0 Å². The molecule has 10 amide bonds. The molecule has 4 aliphatic rings. The van der Waals surface area contributed by atoms with Crippen LogP contribution in [0.3, 0.4) is 0 Å². The maximum atomic E-state index is 12.5. The van der Waals surface area contributed by atoms with E-state index >= 15 is 0 Å². The minimum absolute atomic E-state index is 0.00749. The van der Waals surface area contributed by atoms with Gasteiger partial charge in [0.2, 0.25) is 35.4 Å². The number of carbonyl (C=O) groups is 8. The van der Waals surface area contributed by atoms with Gasteiger partial charge in [-0.15, -0.1) is 0 Å². The summed E-state index contributed by atoms with van der Waals surface area (Å²) in [7, 11) is 0. The zero-order chi connectivity index (χ0) is 49.4. The predicted octanol–water partition coefficient (Wildman–Crippen LogP) is 2.66. The Labute approximate surface area is 407 Å². The van der Waals surface area contributed by atoms with Crippen molar-refractivity contribution in [3.63, 3.8) is 0 Å². The zero-order valence-electron chi connectivity index (χ0n) is 39.3. The Morgan fingerprint density at radius 1 is 0.529 bits per heavy atom. The van der Waals surface area contributed by atoms with E-state index in [1.54, 1.807) is 0 Å². The van der Waals surface area contributed by atoms with E-state index in [0.717, 1.165) is 50.0 Å². The average Bonchev–Trinajstić information content (AvgIpc) is 4.09. The Morgan fingerprint density at radius 3 is 1.26 bits per heavy atom. The Bertz CT molecular complexity index is 1750. The lowest BCUT2D eigenvalue weighted by molar-refractivity contribution is -0.129.